The molecule has 4 heteroatoms. The second kappa shape index (κ2) is 6.27. The molecule has 2 rings (SSSR count). The maximum Gasteiger partial charge on any atom is 0.127 e. The molecule has 1 saturated heterocycles. The Kier molecular flexibility index (Phi) is 4.69. The van der Waals surface area contributed by atoms with E-state index in [-0.39, 0.29) is 12.4 Å². The Morgan fingerprint density at radius 2 is 2.33 bits per heavy atom. The summed E-state index contributed by atoms with van der Waals surface area (Å²) < 4.78 is 18.9. The number of likely N-dealkylation sites (N-methyl/N-ethyl adjacent to an activating group) is 1. The van der Waals surface area contributed by atoms with E-state index in [4.69, 9.17) is 10.5 Å². The van der Waals surface area contributed by atoms with Crippen molar-refractivity contribution in [2.45, 2.75) is 32.0 Å². The van der Waals surface area contributed by atoms with E-state index in [0.717, 1.165) is 38.1 Å². The summed E-state index contributed by atoms with van der Waals surface area (Å²) in [7, 11) is 2.06. The maximum absolute atomic E-state index is 13.3. The highest BCUT2D eigenvalue weighted by atomic mass is 19.1. The molecule has 0 spiro atoms. The van der Waals surface area contributed by atoms with Crippen LogP contribution < -0.4 is 5.73 Å². The summed E-state index contributed by atoms with van der Waals surface area (Å²) in [5.41, 5.74) is 7.19. The van der Waals surface area contributed by atoms with Crippen molar-refractivity contribution in [3.63, 3.8) is 0 Å². The van der Waals surface area contributed by atoms with Crippen LogP contribution in [0.5, 0.6) is 0 Å². The van der Waals surface area contributed by atoms with Crippen molar-refractivity contribution < 1.29 is 9.13 Å². The third-order valence-corrected chi connectivity index (χ3v) is 3.32. The van der Waals surface area contributed by atoms with Crippen LogP contribution in [0.15, 0.2) is 18.2 Å². The van der Waals surface area contributed by atoms with Gasteiger partial charge in [0, 0.05) is 31.8 Å². The third kappa shape index (κ3) is 3.51. The molecule has 3 nitrogen and oxygen atoms in total. The zero-order valence-corrected chi connectivity index (χ0v) is 10.9. The summed E-state index contributed by atoms with van der Waals surface area (Å²) in [5.74, 6) is -0.219. The molecule has 0 aromatic heterocycles. The molecule has 1 atom stereocenters. The van der Waals surface area contributed by atoms with E-state index in [0.29, 0.717) is 11.7 Å². The van der Waals surface area contributed by atoms with E-state index in [1.54, 1.807) is 0 Å². The molecule has 0 radical (unpaired) electrons. The van der Waals surface area contributed by atoms with Gasteiger partial charge in [-0.2, -0.15) is 0 Å². The van der Waals surface area contributed by atoms with Crippen LogP contribution in [-0.4, -0.2) is 31.2 Å². The predicted molar refractivity (Wildman–Crippen MR) is 69.6 cm³/mol. The van der Waals surface area contributed by atoms with E-state index in [9.17, 15) is 4.39 Å². The average Bonchev–Trinajstić information content (AvgIpc) is 2.84. The molecule has 0 saturated carbocycles. The van der Waals surface area contributed by atoms with Gasteiger partial charge in [-0.05, 0) is 31.5 Å². The van der Waals surface area contributed by atoms with Crippen molar-refractivity contribution in [1.29, 1.82) is 0 Å². The minimum Gasteiger partial charge on any atom is -0.377 e. The molecule has 2 N–H and O–H groups in total. The molecule has 100 valence electrons. The van der Waals surface area contributed by atoms with Crippen LogP contribution >= 0.6 is 0 Å². The molecule has 0 aliphatic carbocycles. The van der Waals surface area contributed by atoms with Crippen LogP contribution in [-0.2, 0) is 17.8 Å². The van der Waals surface area contributed by atoms with Gasteiger partial charge in [0.2, 0.25) is 0 Å². The molecule has 1 aromatic rings. The number of rotatable bonds is 5. The van der Waals surface area contributed by atoms with Crippen LogP contribution in [0.1, 0.15) is 24.0 Å². The van der Waals surface area contributed by atoms with Crippen LogP contribution in [0, 0.1) is 5.82 Å². The first-order valence-corrected chi connectivity index (χ1v) is 6.46. The highest BCUT2D eigenvalue weighted by molar-refractivity contribution is 5.24. The first-order valence-electron chi connectivity index (χ1n) is 6.46. The van der Waals surface area contributed by atoms with Crippen molar-refractivity contribution in [2.24, 2.45) is 5.73 Å². The second-order valence-corrected chi connectivity index (χ2v) is 4.96. The molecule has 1 fully saturated rings. The summed E-state index contributed by atoms with van der Waals surface area (Å²) in [6.07, 6.45) is 2.65. The van der Waals surface area contributed by atoms with Crippen LogP contribution in [0.3, 0.4) is 0 Å². The Morgan fingerprint density at radius 1 is 1.50 bits per heavy atom. The molecule has 1 aliphatic heterocycles. The minimum atomic E-state index is -0.219. The molecular weight excluding hydrogens is 231 g/mol. The Hall–Kier alpha value is -0.970. The van der Waals surface area contributed by atoms with Gasteiger partial charge in [0.1, 0.15) is 5.82 Å². The first kappa shape index (κ1) is 13.5. The number of hydrogen-bond acceptors (Lipinski definition) is 3. The molecule has 18 heavy (non-hydrogen) atoms. The first-order chi connectivity index (χ1) is 8.69. The van der Waals surface area contributed by atoms with E-state index in [2.05, 4.69) is 11.9 Å². The molecule has 1 unspecified atom stereocenters. The summed E-state index contributed by atoms with van der Waals surface area (Å²) in [6.45, 7) is 2.85. The molecule has 1 heterocycles. The van der Waals surface area contributed by atoms with Crippen LogP contribution in [0.4, 0.5) is 4.39 Å². The molecule has 0 amide bonds. The van der Waals surface area contributed by atoms with Gasteiger partial charge >= 0.3 is 0 Å². The molecule has 1 aromatic carbocycles. The lowest BCUT2D eigenvalue weighted by molar-refractivity contribution is 0.0793. The molecular formula is C14H21FN2O. The number of hydrogen-bond donors (Lipinski definition) is 1. The lowest BCUT2D eigenvalue weighted by Gasteiger charge is -2.20. The third-order valence-electron chi connectivity index (χ3n) is 3.32. The second-order valence-electron chi connectivity index (χ2n) is 4.96. The van der Waals surface area contributed by atoms with Crippen molar-refractivity contribution >= 4 is 0 Å². The largest absolute Gasteiger partial charge is 0.377 e. The van der Waals surface area contributed by atoms with Crippen LogP contribution in [0.2, 0.25) is 0 Å². The van der Waals surface area contributed by atoms with Gasteiger partial charge in [-0.1, -0.05) is 12.1 Å². The Labute approximate surface area is 108 Å². The fourth-order valence-corrected chi connectivity index (χ4v) is 2.40. The number of benzene rings is 1. The van der Waals surface area contributed by atoms with Crippen LogP contribution in [0.25, 0.3) is 0 Å². The van der Waals surface area contributed by atoms with Gasteiger partial charge in [-0.15, -0.1) is 0 Å². The topological polar surface area (TPSA) is 38.5 Å². The highest BCUT2D eigenvalue weighted by Gasteiger charge is 2.17. The Balaban J connectivity index is 1.91. The smallest absolute Gasteiger partial charge is 0.127 e. The maximum atomic E-state index is 13.3. The lowest BCUT2D eigenvalue weighted by Crippen LogP contribution is -2.28. The van der Waals surface area contributed by atoms with E-state index < -0.39 is 0 Å². The summed E-state index contributed by atoms with van der Waals surface area (Å²) in [6, 6.07) is 5.17. The minimum absolute atomic E-state index is 0.219. The quantitative estimate of drug-likeness (QED) is 0.869. The van der Waals surface area contributed by atoms with Crippen molar-refractivity contribution in [3.05, 3.63) is 35.1 Å². The molecule has 1 aliphatic rings. The Morgan fingerprint density at radius 3 is 3.00 bits per heavy atom. The number of nitrogens with two attached hydrogens (primary N) is 1. The normalized spacial score (nSPS) is 19.7. The van der Waals surface area contributed by atoms with Gasteiger partial charge in [0.05, 0.1) is 6.10 Å². The standard InChI is InChI=1S/C14H21FN2O/c1-17(10-13-3-2-6-18-13)9-11-4-5-14(15)12(7-11)8-16/h4-5,7,13H,2-3,6,8-10,16H2,1H3. The zero-order chi connectivity index (χ0) is 13.0. The average molecular weight is 252 g/mol. The fourth-order valence-electron chi connectivity index (χ4n) is 2.40. The molecule has 0 bridgehead atoms. The number of halogens is 1. The van der Waals surface area contributed by atoms with E-state index in [1.165, 1.54) is 6.07 Å². The predicted octanol–water partition coefficient (Wildman–Crippen LogP) is 1.90. The van der Waals surface area contributed by atoms with Gasteiger partial charge in [-0.25, -0.2) is 4.39 Å². The monoisotopic (exact) mass is 252 g/mol. The van der Waals surface area contributed by atoms with Gasteiger partial charge in [0.15, 0.2) is 0 Å². The van der Waals surface area contributed by atoms with Gasteiger partial charge < -0.3 is 10.5 Å². The fraction of sp³-hybridized carbons (Fsp3) is 0.571. The van der Waals surface area contributed by atoms with Gasteiger partial charge in [-0.3, -0.25) is 4.90 Å². The lowest BCUT2D eigenvalue weighted by atomic mass is 10.1. The number of nitrogens with zero attached hydrogens (tertiary/aromatic N) is 1. The van der Waals surface area contributed by atoms with Crippen molar-refractivity contribution in [2.75, 3.05) is 20.2 Å². The van der Waals surface area contributed by atoms with Gasteiger partial charge in [0.25, 0.3) is 0 Å². The number of ether oxygens (including phenoxy) is 1. The van der Waals surface area contributed by atoms with Crippen molar-refractivity contribution in [1.82, 2.24) is 4.90 Å². The van der Waals surface area contributed by atoms with E-state index >= 15 is 0 Å². The highest BCUT2D eigenvalue weighted by Crippen LogP contribution is 2.15. The SMILES string of the molecule is CN(Cc1ccc(F)c(CN)c1)CC1CCCO1. The summed E-state index contributed by atoms with van der Waals surface area (Å²) >= 11 is 0. The summed E-state index contributed by atoms with van der Waals surface area (Å²) in [5, 5.41) is 0. The van der Waals surface area contributed by atoms with E-state index in [1.807, 2.05) is 12.1 Å². The summed E-state index contributed by atoms with van der Waals surface area (Å²) in [4.78, 5) is 2.21. The zero-order valence-electron chi connectivity index (χ0n) is 10.9. The Bertz CT molecular complexity index is 391. The van der Waals surface area contributed by atoms with Crippen molar-refractivity contribution in [3.8, 4) is 0 Å².